The monoisotopic (exact) mass is 297 g/mol. The van der Waals surface area contributed by atoms with Gasteiger partial charge in [-0.25, -0.2) is 13.4 Å². The molecule has 86 valence electrons. The fourth-order valence-electron chi connectivity index (χ4n) is 1.18. The van der Waals surface area contributed by atoms with Crippen LogP contribution in [-0.4, -0.2) is 20.5 Å². The summed E-state index contributed by atoms with van der Waals surface area (Å²) in [4.78, 5) is 3.88. The molecule has 0 aliphatic rings. The van der Waals surface area contributed by atoms with Crippen molar-refractivity contribution in [3.63, 3.8) is 0 Å². The van der Waals surface area contributed by atoms with Gasteiger partial charge in [0.25, 0.3) is 9.05 Å². The molecule has 0 radical (unpaired) electrons. The molecule has 0 aliphatic heterocycles. The first-order valence-corrected chi connectivity index (χ1v) is 7.51. The Balaban J connectivity index is 2.77. The van der Waals surface area contributed by atoms with Gasteiger partial charge in [0.15, 0.2) is 0 Å². The number of thiazole rings is 1. The van der Waals surface area contributed by atoms with Crippen molar-refractivity contribution in [2.75, 3.05) is 7.11 Å². The summed E-state index contributed by atoms with van der Waals surface area (Å²) in [5.74, 6) is 0.443. The lowest BCUT2D eigenvalue weighted by Gasteiger charge is -2.01. The van der Waals surface area contributed by atoms with Crippen LogP contribution in [0.25, 0.3) is 10.2 Å². The number of benzene rings is 1. The normalized spacial score (nSPS) is 11.9. The molecule has 0 unspecified atom stereocenters. The third-order valence-electron chi connectivity index (χ3n) is 1.87. The van der Waals surface area contributed by atoms with E-state index in [9.17, 15) is 8.42 Å². The summed E-state index contributed by atoms with van der Waals surface area (Å²) in [6.07, 6.45) is 0. The minimum absolute atomic E-state index is 0.167. The molecule has 2 rings (SSSR count). The fraction of sp³-hybridized carbons (Fsp3) is 0.125. The maximum absolute atomic E-state index is 11.1. The molecule has 0 amide bonds. The van der Waals surface area contributed by atoms with E-state index >= 15 is 0 Å². The number of hydrogen-bond acceptors (Lipinski definition) is 5. The Hall–Kier alpha value is -0.560. The zero-order chi connectivity index (χ0) is 11.9. The predicted molar refractivity (Wildman–Crippen MR) is 64.2 cm³/mol. The van der Waals surface area contributed by atoms with Crippen molar-refractivity contribution in [1.29, 1.82) is 0 Å². The van der Waals surface area contributed by atoms with Crippen LogP contribution in [0.3, 0.4) is 0 Å². The number of fused-ring (bicyclic) bond motifs is 1. The van der Waals surface area contributed by atoms with Gasteiger partial charge in [-0.15, -0.1) is 11.3 Å². The minimum Gasteiger partial charge on any atom is -0.495 e. The van der Waals surface area contributed by atoms with Crippen LogP contribution in [0.15, 0.2) is 16.5 Å². The molecule has 0 spiro atoms. The van der Waals surface area contributed by atoms with Crippen LogP contribution in [0, 0.1) is 0 Å². The molecule has 0 aliphatic carbocycles. The summed E-state index contributed by atoms with van der Waals surface area (Å²) in [6, 6.07) is 3.33. The number of aromatic nitrogens is 1. The van der Waals surface area contributed by atoms with E-state index in [4.69, 9.17) is 27.0 Å². The van der Waals surface area contributed by atoms with Crippen molar-refractivity contribution in [2.45, 2.75) is 4.34 Å². The van der Waals surface area contributed by atoms with Crippen molar-refractivity contribution in [3.8, 4) is 5.75 Å². The van der Waals surface area contributed by atoms with E-state index in [2.05, 4.69) is 4.98 Å². The van der Waals surface area contributed by atoms with E-state index in [1.54, 1.807) is 12.1 Å². The summed E-state index contributed by atoms with van der Waals surface area (Å²) in [7, 11) is 2.85. The van der Waals surface area contributed by atoms with Gasteiger partial charge in [0.2, 0.25) is 4.34 Å². The van der Waals surface area contributed by atoms with E-state index in [1.165, 1.54) is 7.11 Å². The molecular weight excluding hydrogens is 293 g/mol. The molecule has 8 heteroatoms. The second-order valence-corrected chi connectivity index (χ2v) is 6.99. The highest BCUT2D eigenvalue weighted by molar-refractivity contribution is 8.15. The Morgan fingerprint density at radius 2 is 2.12 bits per heavy atom. The zero-order valence-electron chi connectivity index (χ0n) is 7.90. The van der Waals surface area contributed by atoms with Crippen LogP contribution < -0.4 is 4.74 Å². The number of halogens is 2. The lowest BCUT2D eigenvalue weighted by Crippen LogP contribution is -1.88. The Morgan fingerprint density at radius 1 is 1.44 bits per heavy atom. The molecule has 0 saturated heterocycles. The summed E-state index contributed by atoms with van der Waals surface area (Å²) in [5, 5.41) is 0.280. The molecule has 16 heavy (non-hydrogen) atoms. The maximum Gasteiger partial charge on any atom is 0.288 e. The average molecular weight is 298 g/mol. The quantitative estimate of drug-likeness (QED) is 0.800. The van der Waals surface area contributed by atoms with E-state index in [1.807, 2.05) is 0 Å². The summed E-state index contributed by atoms with van der Waals surface area (Å²) in [5.41, 5.74) is 0.380. The first-order valence-electron chi connectivity index (χ1n) is 4.01. The molecule has 0 N–H and O–H groups in total. The van der Waals surface area contributed by atoms with Crippen molar-refractivity contribution < 1.29 is 13.2 Å². The molecule has 0 saturated carbocycles. The highest BCUT2D eigenvalue weighted by atomic mass is 35.7. The lowest BCUT2D eigenvalue weighted by molar-refractivity contribution is 0.415. The Kier molecular flexibility index (Phi) is 3.00. The SMILES string of the molecule is COc1ccc2sc(S(=O)(=O)Cl)nc2c1Cl. The lowest BCUT2D eigenvalue weighted by atomic mass is 10.3. The Morgan fingerprint density at radius 3 is 2.69 bits per heavy atom. The number of rotatable bonds is 2. The van der Waals surface area contributed by atoms with Gasteiger partial charge in [-0.2, -0.15) is 0 Å². The van der Waals surface area contributed by atoms with Crippen LogP contribution >= 0.6 is 33.6 Å². The molecule has 0 fully saturated rings. The summed E-state index contributed by atoms with van der Waals surface area (Å²) in [6.45, 7) is 0. The van der Waals surface area contributed by atoms with E-state index < -0.39 is 9.05 Å². The second kappa shape index (κ2) is 4.03. The number of ether oxygens (including phenoxy) is 1. The van der Waals surface area contributed by atoms with Gasteiger partial charge >= 0.3 is 0 Å². The van der Waals surface area contributed by atoms with Gasteiger partial charge in [0.1, 0.15) is 16.3 Å². The molecule has 4 nitrogen and oxygen atoms in total. The molecule has 1 aromatic heterocycles. The molecule has 0 atom stereocenters. The third-order valence-corrected chi connectivity index (χ3v) is 5.18. The Bertz CT molecular complexity index is 651. The van der Waals surface area contributed by atoms with Gasteiger partial charge in [-0.05, 0) is 12.1 Å². The average Bonchev–Trinajstić information content (AvgIpc) is 2.62. The van der Waals surface area contributed by atoms with Gasteiger partial charge < -0.3 is 4.74 Å². The molecular formula is C8H5Cl2NO3S2. The fourth-order valence-corrected chi connectivity index (χ4v) is 3.49. The Labute approximate surface area is 105 Å². The van der Waals surface area contributed by atoms with Crippen molar-refractivity contribution in [3.05, 3.63) is 17.2 Å². The highest BCUT2D eigenvalue weighted by Gasteiger charge is 2.19. The van der Waals surface area contributed by atoms with Crippen LogP contribution in [0.1, 0.15) is 0 Å². The van der Waals surface area contributed by atoms with Gasteiger partial charge in [-0.1, -0.05) is 11.6 Å². The highest BCUT2D eigenvalue weighted by Crippen LogP contribution is 2.36. The number of hydrogen-bond donors (Lipinski definition) is 0. The van der Waals surface area contributed by atoms with Crippen LogP contribution in [0.2, 0.25) is 5.02 Å². The van der Waals surface area contributed by atoms with Crippen molar-refractivity contribution >= 4 is 52.9 Å². The van der Waals surface area contributed by atoms with E-state index in [-0.39, 0.29) is 9.36 Å². The van der Waals surface area contributed by atoms with Gasteiger partial charge in [0, 0.05) is 10.7 Å². The maximum atomic E-state index is 11.1. The zero-order valence-corrected chi connectivity index (χ0v) is 11.0. The first-order chi connectivity index (χ1) is 7.43. The standard InChI is InChI=1S/C8H5Cl2NO3S2/c1-14-4-2-3-5-7(6(4)9)11-8(15-5)16(10,12)13/h2-3H,1H3. The first kappa shape index (κ1) is 11.9. The smallest absolute Gasteiger partial charge is 0.288 e. The van der Waals surface area contributed by atoms with E-state index in [0.717, 1.165) is 11.3 Å². The van der Waals surface area contributed by atoms with Gasteiger partial charge in [-0.3, -0.25) is 0 Å². The van der Waals surface area contributed by atoms with Crippen molar-refractivity contribution in [2.24, 2.45) is 0 Å². The topological polar surface area (TPSA) is 56.3 Å². The summed E-state index contributed by atoms with van der Waals surface area (Å²) < 4.78 is 27.7. The number of methoxy groups -OCH3 is 1. The molecule has 1 heterocycles. The summed E-state index contributed by atoms with van der Waals surface area (Å²) >= 11 is 6.95. The second-order valence-electron chi connectivity index (χ2n) is 2.85. The number of nitrogens with zero attached hydrogens (tertiary/aromatic N) is 1. The largest absolute Gasteiger partial charge is 0.495 e. The molecule has 1 aromatic carbocycles. The van der Waals surface area contributed by atoms with E-state index in [0.29, 0.717) is 16.0 Å². The van der Waals surface area contributed by atoms with Gasteiger partial charge in [0.05, 0.1) is 11.8 Å². The molecule has 2 aromatic rings. The predicted octanol–water partition coefficient (Wildman–Crippen LogP) is 2.89. The third kappa shape index (κ3) is 1.98. The van der Waals surface area contributed by atoms with Crippen LogP contribution in [0.4, 0.5) is 0 Å². The minimum atomic E-state index is -3.82. The molecule has 0 bridgehead atoms. The van der Waals surface area contributed by atoms with Crippen LogP contribution in [-0.2, 0) is 9.05 Å². The van der Waals surface area contributed by atoms with Crippen LogP contribution in [0.5, 0.6) is 5.75 Å². The van der Waals surface area contributed by atoms with Crippen molar-refractivity contribution in [1.82, 2.24) is 4.98 Å².